The molecule has 0 aromatic heterocycles. The summed E-state index contributed by atoms with van der Waals surface area (Å²) in [5.41, 5.74) is 15.4. The molecule has 2 heteroatoms. The molecule has 0 aliphatic heterocycles. The normalized spacial score (nSPS) is 12.8. The van der Waals surface area contributed by atoms with Gasteiger partial charge < -0.3 is 9.80 Å². The number of benzene rings is 10. The van der Waals surface area contributed by atoms with Crippen molar-refractivity contribution in [3.8, 4) is 34.6 Å². The minimum absolute atomic E-state index is 0.588. The number of allylic oxidation sites excluding steroid dienone is 3. The van der Waals surface area contributed by atoms with E-state index < -0.39 is 5.41 Å². The topological polar surface area (TPSA) is 6.48 Å². The minimum atomic E-state index is -0.588. The lowest BCUT2D eigenvalue weighted by Gasteiger charge is -2.35. The molecule has 0 saturated carbocycles. The van der Waals surface area contributed by atoms with Gasteiger partial charge in [-0.25, -0.2) is 0 Å². The molecule has 2 nitrogen and oxygen atoms in total. The molecular formula is C64H46N2. The highest BCUT2D eigenvalue weighted by Gasteiger charge is 2.47. The minimum Gasteiger partial charge on any atom is -0.311 e. The van der Waals surface area contributed by atoms with E-state index in [-0.39, 0.29) is 0 Å². The van der Waals surface area contributed by atoms with E-state index in [1.807, 2.05) is 19.1 Å². The Bertz CT molecular complexity index is 3370. The second kappa shape index (κ2) is 17.1. The molecule has 0 amide bonds. The third-order valence-corrected chi connectivity index (χ3v) is 13.2. The van der Waals surface area contributed by atoms with Crippen molar-refractivity contribution in [1.82, 2.24) is 0 Å². The molecule has 1 aliphatic rings. The van der Waals surface area contributed by atoms with Crippen LogP contribution in [0.1, 0.15) is 29.2 Å². The van der Waals surface area contributed by atoms with E-state index in [2.05, 4.69) is 252 Å². The van der Waals surface area contributed by atoms with Crippen molar-refractivity contribution in [2.45, 2.75) is 12.3 Å². The first-order valence-corrected chi connectivity index (χ1v) is 22.6. The molecule has 11 rings (SSSR count). The number of fused-ring (bicyclic) bond motifs is 5. The van der Waals surface area contributed by atoms with Crippen molar-refractivity contribution in [2.24, 2.45) is 0 Å². The second-order valence-electron chi connectivity index (χ2n) is 16.8. The average molecular weight is 843 g/mol. The number of nitrogens with zero attached hydrogens (tertiary/aromatic N) is 2. The van der Waals surface area contributed by atoms with Crippen LogP contribution < -0.4 is 9.80 Å². The van der Waals surface area contributed by atoms with Gasteiger partial charge in [-0.1, -0.05) is 188 Å². The quantitative estimate of drug-likeness (QED) is 0.1000. The summed E-state index contributed by atoms with van der Waals surface area (Å²) in [5.74, 6) is 2.69. The second-order valence-corrected chi connectivity index (χ2v) is 16.8. The summed E-state index contributed by atoms with van der Waals surface area (Å²) in [6, 6.07) is 86.5. The number of hydrogen-bond donors (Lipinski definition) is 0. The first kappa shape index (κ1) is 40.2. The van der Waals surface area contributed by atoms with E-state index >= 15 is 0 Å². The number of hydrogen-bond acceptors (Lipinski definition) is 2. The summed E-state index contributed by atoms with van der Waals surface area (Å²) in [7, 11) is 0. The molecular weight excluding hydrogens is 797 g/mol. The van der Waals surface area contributed by atoms with Gasteiger partial charge in [0.1, 0.15) is 0 Å². The van der Waals surface area contributed by atoms with Crippen LogP contribution >= 0.6 is 0 Å². The monoisotopic (exact) mass is 842 g/mol. The third kappa shape index (κ3) is 6.87. The van der Waals surface area contributed by atoms with Gasteiger partial charge in [0.15, 0.2) is 0 Å². The summed E-state index contributed by atoms with van der Waals surface area (Å²) in [4.78, 5) is 4.73. The zero-order valence-electron chi connectivity index (χ0n) is 36.7. The SMILES string of the molecule is C#C/C=C\C(=C/C)N(c1ccccc1)c1ccc(-c2cc3c(cc2N(c2ccc4ccccc4c2)c2ccc4ccccc4c2)C(c2ccccc2)(c2ccccc2)c2ccccc2-3)cc1. The van der Waals surface area contributed by atoms with Crippen molar-refractivity contribution in [3.05, 3.63) is 283 Å². The summed E-state index contributed by atoms with van der Waals surface area (Å²) in [5, 5.41) is 4.77. The van der Waals surface area contributed by atoms with Crippen LogP contribution in [-0.2, 0) is 5.41 Å². The van der Waals surface area contributed by atoms with Crippen LogP contribution in [0, 0.1) is 12.3 Å². The van der Waals surface area contributed by atoms with Crippen molar-refractivity contribution in [1.29, 1.82) is 0 Å². The number of anilines is 5. The fourth-order valence-corrected chi connectivity index (χ4v) is 10.2. The van der Waals surface area contributed by atoms with Crippen LogP contribution in [0.3, 0.4) is 0 Å². The molecule has 0 fully saturated rings. The van der Waals surface area contributed by atoms with Gasteiger partial charge >= 0.3 is 0 Å². The predicted molar refractivity (Wildman–Crippen MR) is 279 cm³/mol. The Balaban J connectivity index is 1.22. The van der Waals surface area contributed by atoms with Gasteiger partial charge in [0.05, 0.1) is 11.1 Å². The summed E-state index contributed by atoms with van der Waals surface area (Å²) >= 11 is 0. The maximum atomic E-state index is 5.74. The zero-order chi connectivity index (χ0) is 44.5. The van der Waals surface area contributed by atoms with E-state index in [9.17, 15) is 0 Å². The van der Waals surface area contributed by atoms with Gasteiger partial charge in [0, 0.05) is 34.0 Å². The Kier molecular flexibility index (Phi) is 10.4. The molecule has 0 heterocycles. The highest BCUT2D eigenvalue weighted by atomic mass is 15.2. The molecule has 0 atom stereocenters. The largest absolute Gasteiger partial charge is 0.311 e. The first-order chi connectivity index (χ1) is 32.6. The molecule has 0 spiro atoms. The average Bonchev–Trinajstić information content (AvgIpc) is 3.68. The van der Waals surface area contributed by atoms with Gasteiger partial charge in [-0.05, 0) is 140 Å². The van der Waals surface area contributed by atoms with Crippen LogP contribution in [0.25, 0.3) is 43.8 Å². The maximum absolute atomic E-state index is 5.74. The van der Waals surface area contributed by atoms with Gasteiger partial charge in [0.25, 0.3) is 0 Å². The summed E-state index contributed by atoms with van der Waals surface area (Å²) in [6.45, 7) is 2.05. The van der Waals surface area contributed by atoms with Crippen molar-refractivity contribution >= 4 is 50.0 Å². The highest BCUT2D eigenvalue weighted by Crippen LogP contribution is 2.59. The molecule has 312 valence electrons. The molecule has 0 saturated heterocycles. The van der Waals surface area contributed by atoms with Crippen molar-refractivity contribution in [2.75, 3.05) is 9.80 Å². The van der Waals surface area contributed by atoms with Gasteiger partial charge in [-0.2, -0.15) is 0 Å². The maximum Gasteiger partial charge on any atom is 0.0714 e. The predicted octanol–water partition coefficient (Wildman–Crippen LogP) is 16.7. The van der Waals surface area contributed by atoms with Crippen LogP contribution in [0.5, 0.6) is 0 Å². The lowest BCUT2D eigenvalue weighted by atomic mass is 9.67. The molecule has 10 aromatic rings. The fourth-order valence-electron chi connectivity index (χ4n) is 10.2. The van der Waals surface area contributed by atoms with Crippen LogP contribution in [0.2, 0.25) is 0 Å². The Morgan fingerprint density at radius 2 is 0.939 bits per heavy atom. The number of rotatable bonds is 10. The Labute approximate surface area is 387 Å². The molecule has 66 heavy (non-hydrogen) atoms. The standard InChI is InChI=1S/C64H46N2/c1-3-5-29-53(4-2)65(54-30-13-8-14-31-54)55-38-36-48(37-39-55)59-44-60-58-32-19-20-33-61(58)64(51-25-9-6-10-26-51,52-27-11-7-12-28-52)62(60)45-63(59)66(56-40-34-46-21-15-17-23-49(46)42-56)57-41-35-47-22-16-18-24-50(47)43-57/h1,4-45H,2H3/b29-5-,53-4+. The Hall–Kier alpha value is -8.64. The molecule has 10 aromatic carbocycles. The highest BCUT2D eigenvalue weighted by molar-refractivity contribution is 5.99. The Morgan fingerprint density at radius 1 is 0.439 bits per heavy atom. The van der Waals surface area contributed by atoms with Crippen LogP contribution in [0.15, 0.2) is 261 Å². The van der Waals surface area contributed by atoms with E-state index in [4.69, 9.17) is 6.42 Å². The number of para-hydroxylation sites is 1. The van der Waals surface area contributed by atoms with Crippen LogP contribution in [0.4, 0.5) is 28.4 Å². The molecule has 1 aliphatic carbocycles. The van der Waals surface area contributed by atoms with Gasteiger partial charge in [-0.3, -0.25) is 0 Å². The van der Waals surface area contributed by atoms with Gasteiger partial charge in [0.2, 0.25) is 0 Å². The molecule has 0 radical (unpaired) electrons. The summed E-state index contributed by atoms with van der Waals surface area (Å²) < 4.78 is 0. The van der Waals surface area contributed by atoms with E-state index in [0.717, 1.165) is 45.3 Å². The first-order valence-electron chi connectivity index (χ1n) is 22.6. The Morgan fingerprint density at radius 3 is 1.52 bits per heavy atom. The molecule has 0 bridgehead atoms. The third-order valence-electron chi connectivity index (χ3n) is 13.2. The molecule has 0 unspecified atom stereocenters. The van der Waals surface area contributed by atoms with Crippen molar-refractivity contribution < 1.29 is 0 Å². The zero-order valence-corrected chi connectivity index (χ0v) is 36.7. The van der Waals surface area contributed by atoms with Gasteiger partial charge in [-0.15, -0.1) is 6.42 Å². The molecule has 0 N–H and O–H groups in total. The number of terminal acetylenes is 1. The lowest BCUT2D eigenvalue weighted by molar-refractivity contribution is 0.768. The lowest BCUT2D eigenvalue weighted by Crippen LogP contribution is -2.28. The van der Waals surface area contributed by atoms with E-state index in [1.54, 1.807) is 6.08 Å². The fraction of sp³-hybridized carbons (Fsp3) is 0.0312. The van der Waals surface area contributed by atoms with E-state index in [1.165, 1.54) is 54.9 Å². The van der Waals surface area contributed by atoms with E-state index in [0.29, 0.717) is 0 Å². The smallest absolute Gasteiger partial charge is 0.0714 e. The van der Waals surface area contributed by atoms with Crippen molar-refractivity contribution in [3.63, 3.8) is 0 Å². The summed E-state index contributed by atoms with van der Waals surface area (Å²) in [6.07, 6.45) is 11.6. The van der Waals surface area contributed by atoms with Crippen LogP contribution in [-0.4, -0.2) is 0 Å².